The molecule has 3 aromatic carbocycles. The first-order valence-corrected chi connectivity index (χ1v) is 13.8. The third-order valence-electron chi connectivity index (χ3n) is 6.37. The number of rotatable bonds is 12. The number of anilines is 1. The average molecular weight is 677 g/mol. The SMILES string of the molecule is C[C@@H](OCc1ccccc1)[C@@H](C(=O)Nc1ccc(I)cc1F)N1C(=O)NC(c2ccc(OCC(O)CO)cc2)C1=O. The molecule has 1 saturated heterocycles. The molecule has 41 heavy (non-hydrogen) atoms. The van der Waals surface area contributed by atoms with Crippen molar-refractivity contribution in [1.82, 2.24) is 10.2 Å². The lowest BCUT2D eigenvalue weighted by Gasteiger charge is -2.29. The number of carbonyl (C=O) groups excluding carboxylic acids is 3. The van der Waals surface area contributed by atoms with Gasteiger partial charge in [-0.2, -0.15) is 0 Å². The highest BCUT2D eigenvalue weighted by Gasteiger charge is 2.47. The number of amides is 4. The molecule has 0 spiro atoms. The Hall–Kier alpha value is -3.59. The predicted molar refractivity (Wildman–Crippen MR) is 155 cm³/mol. The van der Waals surface area contributed by atoms with Crippen LogP contribution in [0.15, 0.2) is 72.8 Å². The van der Waals surface area contributed by atoms with E-state index in [4.69, 9.17) is 14.6 Å². The molecule has 4 amide bonds. The molecular weight excluding hydrogens is 648 g/mol. The van der Waals surface area contributed by atoms with E-state index in [9.17, 15) is 23.9 Å². The van der Waals surface area contributed by atoms with Crippen molar-refractivity contribution >= 4 is 46.1 Å². The van der Waals surface area contributed by atoms with Crippen molar-refractivity contribution in [1.29, 1.82) is 0 Å². The molecule has 0 aromatic heterocycles. The van der Waals surface area contributed by atoms with E-state index >= 15 is 0 Å². The van der Waals surface area contributed by atoms with Crippen LogP contribution in [0.5, 0.6) is 5.75 Å². The van der Waals surface area contributed by atoms with Crippen molar-refractivity contribution in [3.63, 3.8) is 0 Å². The molecule has 0 saturated carbocycles. The van der Waals surface area contributed by atoms with Crippen molar-refractivity contribution in [3.05, 3.63) is 93.3 Å². The second-order valence-electron chi connectivity index (χ2n) is 9.37. The van der Waals surface area contributed by atoms with Gasteiger partial charge in [0.25, 0.3) is 11.8 Å². The monoisotopic (exact) mass is 677 g/mol. The summed E-state index contributed by atoms with van der Waals surface area (Å²) in [6.07, 6.45) is -2.00. The van der Waals surface area contributed by atoms with Crippen molar-refractivity contribution in [2.24, 2.45) is 0 Å². The van der Waals surface area contributed by atoms with Gasteiger partial charge in [-0.05, 0) is 71.0 Å². The van der Waals surface area contributed by atoms with Gasteiger partial charge in [0.15, 0.2) is 0 Å². The Balaban J connectivity index is 1.56. The summed E-state index contributed by atoms with van der Waals surface area (Å²) < 4.78 is 26.5. The molecule has 1 aliphatic rings. The summed E-state index contributed by atoms with van der Waals surface area (Å²) in [5.41, 5.74) is 1.16. The van der Waals surface area contributed by atoms with Crippen LogP contribution in [0.2, 0.25) is 0 Å². The van der Waals surface area contributed by atoms with E-state index in [1.807, 2.05) is 52.9 Å². The van der Waals surface area contributed by atoms with Crippen LogP contribution in [0, 0.1) is 9.39 Å². The van der Waals surface area contributed by atoms with E-state index < -0.39 is 54.6 Å². The van der Waals surface area contributed by atoms with E-state index in [0.717, 1.165) is 10.5 Å². The number of hydrogen-bond acceptors (Lipinski definition) is 7. The Morgan fingerprint density at radius 2 is 1.83 bits per heavy atom. The van der Waals surface area contributed by atoms with Crippen LogP contribution in [0.25, 0.3) is 0 Å². The Morgan fingerprint density at radius 1 is 1.12 bits per heavy atom. The normalized spacial score (nSPS) is 17.1. The van der Waals surface area contributed by atoms with Crippen LogP contribution in [0.4, 0.5) is 14.9 Å². The molecule has 1 heterocycles. The van der Waals surface area contributed by atoms with E-state index in [0.29, 0.717) is 14.9 Å². The topological polar surface area (TPSA) is 137 Å². The number of hydrogen-bond donors (Lipinski definition) is 4. The molecule has 0 aliphatic carbocycles. The molecular formula is C29H29FIN3O7. The minimum atomic E-state index is -1.42. The zero-order valence-corrected chi connectivity index (χ0v) is 24.2. The number of aliphatic hydroxyl groups excluding tert-OH is 2. The minimum absolute atomic E-state index is 0.0961. The third-order valence-corrected chi connectivity index (χ3v) is 7.04. The number of carbonyl (C=O) groups is 3. The quantitative estimate of drug-likeness (QED) is 0.171. The van der Waals surface area contributed by atoms with Gasteiger partial charge >= 0.3 is 6.03 Å². The van der Waals surface area contributed by atoms with E-state index in [2.05, 4.69) is 10.6 Å². The molecule has 4 atom stereocenters. The second-order valence-corrected chi connectivity index (χ2v) is 10.6. The standard InChI is InChI=1S/C29H29FIN3O7/c1-17(40-15-18-5-3-2-4-6-18)26(27(37)32-24-12-9-20(31)13-23(24)30)34-28(38)25(33-29(34)39)19-7-10-22(11-8-19)41-16-21(36)14-35/h2-13,17,21,25-26,35-36H,14-16H2,1H3,(H,32,37)(H,33,39)/t17-,21?,25?,26+/m1/s1. The number of ether oxygens (including phenoxy) is 2. The maximum absolute atomic E-state index is 14.6. The summed E-state index contributed by atoms with van der Waals surface area (Å²) in [6, 6.07) is 16.4. The first-order chi connectivity index (χ1) is 19.7. The Labute approximate surface area is 249 Å². The smallest absolute Gasteiger partial charge is 0.325 e. The number of nitrogens with one attached hydrogen (secondary N) is 2. The maximum Gasteiger partial charge on any atom is 0.325 e. The van der Waals surface area contributed by atoms with Crippen molar-refractivity contribution in [3.8, 4) is 5.75 Å². The van der Waals surface area contributed by atoms with Gasteiger partial charge in [-0.3, -0.25) is 9.59 Å². The lowest BCUT2D eigenvalue weighted by molar-refractivity contribution is -0.139. The fourth-order valence-electron chi connectivity index (χ4n) is 4.22. The average Bonchev–Trinajstić information content (AvgIpc) is 3.26. The highest BCUT2D eigenvalue weighted by atomic mass is 127. The molecule has 0 radical (unpaired) electrons. The fourth-order valence-corrected chi connectivity index (χ4v) is 4.67. The van der Waals surface area contributed by atoms with Crippen LogP contribution in [-0.2, 0) is 20.9 Å². The zero-order chi connectivity index (χ0) is 29.5. The summed E-state index contributed by atoms with van der Waals surface area (Å²) in [7, 11) is 0. The minimum Gasteiger partial charge on any atom is -0.491 e. The number of urea groups is 1. The molecule has 2 unspecified atom stereocenters. The Kier molecular flexibility index (Phi) is 10.3. The molecule has 3 aromatic rings. The van der Waals surface area contributed by atoms with Gasteiger partial charge < -0.3 is 30.3 Å². The van der Waals surface area contributed by atoms with Crippen molar-refractivity contribution < 1.29 is 38.5 Å². The molecule has 1 fully saturated rings. The van der Waals surface area contributed by atoms with Gasteiger partial charge in [-0.15, -0.1) is 0 Å². The van der Waals surface area contributed by atoms with Crippen LogP contribution >= 0.6 is 22.6 Å². The number of imide groups is 1. The first kappa shape index (κ1) is 30.4. The summed E-state index contributed by atoms with van der Waals surface area (Å²) in [4.78, 5) is 41.1. The summed E-state index contributed by atoms with van der Waals surface area (Å²) >= 11 is 1.94. The molecule has 10 nitrogen and oxygen atoms in total. The lowest BCUT2D eigenvalue weighted by Crippen LogP contribution is -2.54. The summed E-state index contributed by atoms with van der Waals surface area (Å²) in [5.74, 6) is -1.75. The van der Waals surface area contributed by atoms with Gasteiger partial charge in [-0.1, -0.05) is 42.5 Å². The van der Waals surface area contributed by atoms with Gasteiger partial charge in [0.2, 0.25) is 0 Å². The van der Waals surface area contributed by atoms with Crippen molar-refractivity contribution in [2.45, 2.75) is 37.8 Å². The highest BCUT2D eigenvalue weighted by Crippen LogP contribution is 2.28. The third kappa shape index (κ3) is 7.58. The fraction of sp³-hybridized carbons (Fsp3) is 0.276. The molecule has 216 valence electrons. The van der Waals surface area contributed by atoms with Gasteiger partial charge in [0.05, 0.1) is 25.0 Å². The Morgan fingerprint density at radius 3 is 2.49 bits per heavy atom. The maximum atomic E-state index is 14.6. The summed E-state index contributed by atoms with van der Waals surface area (Å²) in [6.45, 7) is 1.11. The number of halogens is 2. The van der Waals surface area contributed by atoms with E-state index in [1.54, 1.807) is 37.3 Å². The molecule has 12 heteroatoms. The first-order valence-electron chi connectivity index (χ1n) is 12.7. The molecule has 4 N–H and O–H groups in total. The van der Waals surface area contributed by atoms with E-state index in [1.165, 1.54) is 12.1 Å². The van der Waals surface area contributed by atoms with Crippen LogP contribution in [-0.4, -0.2) is 64.4 Å². The number of benzene rings is 3. The van der Waals surface area contributed by atoms with Gasteiger partial charge in [-0.25, -0.2) is 14.1 Å². The second kappa shape index (κ2) is 13.9. The van der Waals surface area contributed by atoms with Gasteiger partial charge in [0, 0.05) is 3.57 Å². The number of nitrogens with zero attached hydrogens (tertiary/aromatic N) is 1. The van der Waals surface area contributed by atoms with Crippen LogP contribution < -0.4 is 15.4 Å². The lowest BCUT2D eigenvalue weighted by atomic mass is 10.0. The highest BCUT2D eigenvalue weighted by molar-refractivity contribution is 14.1. The van der Waals surface area contributed by atoms with Gasteiger partial charge in [0.1, 0.15) is 36.4 Å². The van der Waals surface area contributed by atoms with Crippen LogP contribution in [0.1, 0.15) is 24.1 Å². The molecule has 4 rings (SSSR count). The number of aliphatic hydroxyl groups is 2. The van der Waals surface area contributed by atoms with Crippen LogP contribution in [0.3, 0.4) is 0 Å². The predicted octanol–water partition coefficient (Wildman–Crippen LogP) is 3.37. The van der Waals surface area contributed by atoms with E-state index in [-0.39, 0.29) is 18.9 Å². The zero-order valence-electron chi connectivity index (χ0n) is 22.0. The summed E-state index contributed by atoms with van der Waals surface area (Å²) in [5, 5.41) is 23.5. The Bertz CT molecular complexity index is 1380. The molecule has 0 bridgehead atoms. The largest absolute Gasteiger partial charge is 0.491 e. The molecule has 1 aliphatic heterocycles. The van der Waals surface area contributed by atoms with Crippen molar-refractivity contribution in [2.75, 3.05) is 18.5 Å².